The Bertz CT molecular complexity index is 667. The van der Waals surface area contributed by atoms with Crippen LogP contribution in [0, 0.1) is 0 Å². The van der Waals surface area contributed by atoms with Crippen LogP contribution in [0.3, 0.4) is 0 Å². The van der Waals surface area contributed by atoms with Crippen molar-refractivity contribution in [3.63, 3.8) is 0 Å². The fourth-order valence-corrected chi connectivity index (χ4v) is 3.56. The highest BCUT2D eigenvalue weighted by Gasteiger charge is 2.22. The Morgan fingerprint density at radius 3 is 2.32 bits per heavy atom. The lowest BCUT2D eigenvalue weighted by Crippen LogP contribution is -2.47. The van der Waals surface area contributed by atoms with Crippen LogP contribution in [-0.2, 0) is 16.0 Å². The van der Waals surface area contributed by atoms with E-state index in [1.807, 2.05) is 12.1 Å². The van der Waals surface area contributed by atoms with Gasteiger partial charge in [0.25, 0.3) is 0 Å². The summed E-state index contributed by atoms with van der Waals surface area (Å²) in [6.45, 7) is 6.72. The lowest BCUT2D eigenvalue weighted by molar-refractivity contribution is 0.00990. The minimum Gasteiger partial charge on any atom is -0.493 e. The molecule has 1 aromatic rings. The van der Waals surface area contributed by atoms with Gasteiger partial charge in [0.2, 0.25) is 5.75 Å². The van der Waals surface area contributed by atoms with Crippen molar-refractivity contribution >= 4 is 29.9 Å². The molecule has 31 heavy (non-hydrogen) atoms. The third-order valence-electron chi connectivity index (χ3n) is 5.11. The lowest BCUT2D eigenvalue weighted by Gasteiger charge is -2.34. The van der Waals surface area contributed by atoms with E-state index in [4.69, 9.17) is 28.7 Å². The van der Waals surface area contributed by atoms with Gasteiger partial charge in [0, 0.05) is 45.5 Å². The van der Waals surface area contributed by atoms with Gasteiger partial charge in [-0.2, -0.15) is 0 Å². The molecular weight excluding hydrogens is 513 g/mol. The highest BCUT2D eigenvalue weighted by molar-refractivity contribution is 14.0. The van der Waals surface area contributed by atoms with Crippen LogP contribution in [0.1, 0.15) is 31.7 Å². The Labute approximate surface area is 203 Å². The smallest absolute Gasteiger partial charge is 0.203 e. The first-order valence-corrected chi connectivity index (χ1v) is 10.6. The van der Waals surface area contributed by atoms with Crippen molar-refractivity contribution in [2.24, 2.45) is 4.99 Å². The molecule has 1 aromatic carbocycles. The molecule has 1 fully saturated rings. The van der Waals surface area contributed by atoms with Gasteiger partial charge in [-0.25, -0.2) is 4.99 Å². The zero-order chi connectivity index (χ0) is 21.8. The third kappa shape index (κ3) is 8.19. The predicted molar refractivity (Wildman–Crippen MR) is 133 cm³/mol. The van der Waals surface area contributed by atoms with Crippen molar-refractivity contribution in [1.29, 1.82) is 0 Å². The topological polar surface area (TPSA) is 73.8 Å². The standard InChI is InChI=1S/C22H37N3O5.HI/c1-6-23-22(25-12-10-18(11-13-25)30-15-7-14-26-2)24-16-17-8-9-19(27-3)21(29-5)20(17)28-4;/h8-9,18H,6-7,10-16H2,1-5H3,(H,23,24);1H. The molecule has 0 saturated carbocycles. The quantitative estimate of drug-likeness (QED) is 0.196. The second kappa shape index (κ2) is 15.4. The van der Waals surface area contributed by atoms with Gasteiger partial charge in [-0.1, -0.05) is 0 Å². The second-order valence-electron chi connectivity index (χ2n) is 7.07. The Kier molecular flexibility index (Phi) is 13.7. The molecule has 0 radical (unpaired) electrons. The maximum absolute atomic E-state index is 5.97. The number of methoxy groups -OCH3 is 4. The highest BCUT2D eigenvalue weighted by Crippen LogP contribution is 2.40. The SMILES string of the molecule is CCNC(=NCc1ccc(OC)c(OC)c1OC)N1CCC(OCCCOC)CC1.I. The first-order valence-electron chi connectivity index (χ1n) is 10.6. The Morgan fingerprint density at radius 2 is 1.74 bits per heavy atom. The van der Waals surface area contributed by atoms with Gasteiger partial charge in [0.15, 0.2) is 17.5 Å². The molecule has 0 atom stereocenters. The molecule has 2 rings (SSSR count). The summed E-state index contributed by atoms with van der Waals surface area (Å²) >= 11 is 0. The van der Waals surface area contributed by atoms with Gasteiger partial charge in [0.05, 0.1) is 34.0 Å². The summed E-state index contributed by atoms with van der Waals surface area (Å²) < 4.78 is 27.5. The highest BCUT2D eigenvalue weighted by atomic mass is 127. The van der Waals surface area contributed by atoms with E-state index in [2.05, 4.69) is 17.1 Å². The number of likely N-dealkylation sites (tertiary alicyclic amines) is 1. The molecule has 8 nitrogen and oxygen atoms in total. The van der Waals surface area contributed by atoms with Gasteiger partial charge in [-0.05, 0) is 38.3 Å². The van der Waals surface area contributed by atoms with E-state index < -0.39 is 0 Å². The first kappa shape index (κ1) is 27.6. The maximum Gasteiger partial charge on any atom is 0.203 e. The molecule has 9 heteroatoms. The first-order chi connectivity index (χ1) is 14.7. The molecule has 1 aliphatic rings. The third-order valence-corrected chi connectivity index (χ3v) is 5.11. The number of benzene rings is 1. The molecular formula is C22H38IN3O5. The largest absolute Gasteiger partial charge is 0.493 e. The number of hydrogen-bond acceptors (Lipinski definition) is 6. The summed E-state index contributed by atoms with van der Waals surface area (Å²) in [5.41, 5.74) is 0.946. The fourth-order valence-electron chi connectivity index (χ4n) is 3.56. The molecule has 0 bridgehead atoms. The van der Waals surface area contributed by atoms with E-state index in [1.54, 1.807) is 28.4 Å². The van der Waals surface area contributed by atoms with Crippen molar-refractivity contribution in [3.8, 4) is 17.2 Å². The van der Waals surface area contributed by atoms with E-state index in [0.29, 0.717) is 29.9 Å². The van der Waals surface area contributed by atoms with E-state index in [1.165, 1.54) is 0 Å². The number of ether oxygens (including phenoxy) is 5. The van der Waals surface area contributed by atoms with Crippen LogP contribution in [0.15, 0.2) is 17.1 Å². The minimum absolute atomic E-state index is 0. The Balaban J connectivity index is 0.00000480. The molecule has 0 aromatic heterocycles. The van der Waals surface area contributed by atoms with Gasteiger partial charge < -0.3 is 33.9 Å². The van der Waals surface area contributed by atoms with Crippen LogP contribution in [0.4, 0.5) is 0 Å². The summed E-state index contributed by atoms with van der Waals surface area (Å²) in [5.74, 6) is 2.79. The Hall–Kier alpha value is -1.46. The Morgan fingerprint density at radius 1 is 1.03 bits per heavy atom. The molecule has 0 unspecified atom stereocenters. The van der Waals surface area contributed by atoms with E-state index >= 15 is 0 Å². The van der Waals surface area contributed by atoms with E-state index in [0.717, 1.165) is 63.6 Å². The molecule has 178 valence electrons. The number of nitrogens with zero attached hydrogens (tertiary/aromatic N) is 2. The van der Waals surface area contributed by atoms with Crippen LogP contribution in [0.25, 0.3) is 0 Å². The van der Waals surface area contributed by atoms with E-state index in [9.17, 15) is 0 Å². The van der Waals surface area contributed by atoms with Crippen molar-refractivity contribution in [2.75, 3.05) is 61.3 Å². The van der Waals surface area contributed by atoms with Crippen LogP contribution in [0.5, 0.6) is 17.2 Å². The van der Waals surface area contributed by atoms with Gasteiger partial charge in [0.1, 0.15) is 0 Å². The monoisotopic (exact) mass is 551 g/mol. The average molecular weight is 551 g/mol. The van der Waals surface area contributed by atoms with Crippen molar-refractivity contribution < 1.29 is 23.7 Å². The maximum atomic E-state index is 5.97. The van der Waals surface area contributed by atoms with Crippen molar-refractivity contribution in [3.05, 3.63) is 17.7 Å². The summed E-state index contributed by atoms with van der Waals surface area (Å²) in [4.78, 5) is 7.15. The number of piperidine rings is 1. The zero-order valence-electron chi connectivity index (χ0n) is 19.4. The van der Waals surface area contributed by atoms with Crippen LogP contribution >= 0.6 is 24.0 Å². The molecule has 0 amide bonds. The minimum atomic E-state index is 0. The number of nitrogens with one attached hydrogen (secondary N) is 1. The van der Waals surface area contributed by atoms with Gasteiger partial charge >= 0.3 is 0 Å². The van der Waals surface area contributed by atoms with Crippen LogP contribution in [0.2, 0.25) is 0 Å². The molecule has 1 N–H and O–H groups in total. The zero-order valence-corrected chi connectivity index (χ0v) is 21.8. The number of rotatable bonds is 11. The second-order valence-corrected chi connectivity index (χ2v) is 7.07. The molecule has 1 heterocycles. The summed E-state index contributed by atoms with van der Waals surface area (Å²) in [7, 11) is 6.58. The predicted octanol–water partition coefficient (Wildman–Crippen LogP) is 3.31. The summed E-state index contributed by atoms with van der Waals surface area (Å²) in [5, 5.41) is 3.41. The summed E-state index contributed by atoms with van der Waals surface area (Å²) in [6, 6.07) is 3.85. The molecule has 1 aliphatic heterocycles. The molecule has 0 aliphatic carbocycles. The van der Waals surface area contributed by atoms with Crippen molar-refractivity contribution in [1.82, 2.24) is 10.2 Å². The van der Waals surface area contributed by atoms with Crippen molar-refractivity contribution in [2.45, 2.75) is 38.8 Å². The number of halogens is 1. The average Bonchev–Trinajstić information content (AvgIpc) is 2.79. The fraction of sp³-hybridized carbons (Fsp3) is 0.682. The number of guanidine groups is 1. The molecule has 0 spiro atoms. The van der Waals surface area contributed by atoms with Crippen LogP contribution < -0.4 is 19.5 Å². The van der Waals surface area contributed by atoms with Gasteiger partial charge in [-0.15, -0.1) is 24.0 Å². The number of hydrogen-bond donors (Lipinski definition) is 1. The normalized spacial score (nSPS) is 14.7. The van der Waals surface area contributed by atoms with E-state index in [-0.39, 0.29) is 24.0 Å². The van der Waals surface area contributed by atoms with Gasteiger partial charge in [-0.3, -0.25) is 0 Å². The van der Waals surface area contributed by atoms with Crippen LogP contribution in [-0.4, -0.2) is 78.3 Å². The number of aliphatic imine (C=N–C) groups is 1. The summed E-state index contributed by atoms with van der Waals surface area (Å²) in [6.07, 6.45) is 3.24. The molecule has 1 saturated heterocycles. The lowest BCUT2D eigenvalue weighted by atomic mass is 10.1.